The maximum Gasteiger partial charge on any atom is 0.0633 e. The Morgan fingerprint density at radius 1 is 1.25 bits per heavy atom. The van der Waals surface area contributed by atoms with Gasteiger partial charge in [-0.3, -0.25) is 0 Å². The first kappa shape index (κ1) is 13.9. The summed E-state index contributed by atoms with van der Waals surface area (Å²) in [6.45, 7) is 3.65. The van der Waals surface area contributed by atoms with E-state index in [4.69, 9.17) is 0 Å². The number of benzene rings is 1. The van der Waals surface area contributed by atoms with Crippen molar-refractivity contribution in [3.8, 4) is 0 Å². The number of aliphatic hydroxyl groups is 2. The Balaban J connectivity index is 2.71. The molecule has 3 nitrogen and oxygen atoms in total. The molecule has 0 fully saturated rings. The van der Waals surface area contributed by atoms with E-state index in [1.54, 1.807) is 6.92 Å². The van der Waals surface area contributed by atoms with Crippen LogP contribution in [0.25, 0.3) is 0 Å². The zero-order valence-electron chi connectivity index (χ0n) is 9.57. The summed E-state index contributed by atoms with van der Waals surface area (Å²) in [7, 11) is 0. The average molecular weight is 335 g/mol. The van der Waals surface area contributed by atoms with Crippen LogP contribution in [0.5, 0.6) is 0 Å². The molecule has 0 aliphatic carbocycles. The molecule has 0 aliphatic rings. The standard InChI is InChI=1S/C12H18INO2/c1-9(14-12(2,7-15)8-16)10-3-5-11(13)6-4-10/h3-6,9,14-16H,7-8H2,1-2H3. The van der Waals surface area contributed by atoms with Gasteiger partial charge in [0, 0.05) is 9.61 Å². The molecule has 90 valence electrons. The van der Waals surface area contributed by atoms with Crippen LogP contribution in [-0.4, -0.2) is 29.0 Å². The molecule has 4 heteroatoms. The molecule has 0 aliphatic heterocycles. The van der Waals surface area contributed by atoms with Gasteiger partial charge in [-0.05, 0) is 54.1 Å². The van der Waals surface area contributed by atoms with Gasteiger partial charge in [0.2, 0.25) is 0 Å². The van der Waals surface area contributed by atoms with Gasteiger partial charge in [-0.25, -0.2) is 0 Å². The quantitative estimate of drug-likeness (QED) is 0.718. The number of halogens is 1. The molecule has 0 amide bonds. The molecule has 0 saturated carbocycles. The lowest BCUT2D eigenvalue weighted by molar-refractivity contribution is 0.0957. The van der Waals surface area contributed by atoms with Crippen LogP contribution in [0.3, 0.4) is 0 Å². The summed E-state index contributed by atoms with van der Waals surface area (Å²) in [5.74, 6) is 0. The number of hydrogen-bond donors (Lipinski definition) is 3. The molecule has 0 spiro atoms. The van der Waals surface area contributed by atoms with Gasteiger partial charge in [0.05, 0.1) is 18.8 Å². The third-order valence-electron chi connectivity index (χ3n) is 2.63. The fourth-order valence-electron chi connectivity index (χ4n) is 1.50. The normalized spacial score (nSPS) is 13.8. The molecule has 1 atom stereocenters. The molecule has 0 heterocycles. The Bertz CT molecular complexity index is 322. The van der Waals surface area contributed by atoms with Crippen molar-refractivity contribution in [3.63, 3.8) is 0 Å². The van der Waals surface area contributed by atoms with Crippen LogP contribution in [-0.2, 0) is 0 Å². The van der Waals surface area contributed by atoms with E-state index in [0.29, 0.717) is 0 Å². The molecule has 0 saturated heterocycles. The first-order valence-electron chi connectivity index (χ1n) is 5.25. The first-order valence-corrected chi connectivity index (χ1v) is 6.33. The molecule has 3 N–H and O–H groups in total. The maximum atomic E-state index is 9.20. The summed E-state index contributed by atoms with van der Waals surface area (Å²) in [4.78, 5) is 0. The van der Waals surface area contributed by atoms with Crippen molar-refractivity contribution in [1.29, 1.82) is 0 Å². The maximum absolute atomic E-state index is 9.20. The summed E-state index contributed by atoms with van der Waals surface area (Å²) in [6.07, 6.45) is 0. The highest BCUT2D eigenvalue weighted by atomic mass is 127. The second-order valence-electron chi connectivity index (χ2n) is 4.29. The fraction of sp³-hybridized carbons (Fsp3) is 0.500. The topological polar surface area (TPSA) is 52.5 Å². The van der Waals surface area contributed by atoms with Gasteiger partial charge >= 0.3 is 0 Å². The lowest BCUT2D eigenvalue weighted by atomic mass is 10.0. The predicted molar refractivity (Wildman–Crippen MR) is 73.3 cm³/mol. The fourth-order valence-corrected chi connectivity index (χ4v) is 1.86. The monoisotopic (exact) mass is 335 g/mol. The number of aliphatic hydroxyl groups excluding tert-OH is 2. The lowest BCUT2D eigenvalue weighted by Crippen LogP contribution is -2.49. The van der Waals surface area contributed by atoms with Gasteiger partial charge in [0.25, 0.3) is 0 Å². The zero-order chi connectivity index (χ0) is 12.2. The van der Waals surface area contributed by atoms with Gasteiger partial charge in [0.15, 0.2) is 0 Å². The van der Waals surface area contributed by atoms with Gasteiger partial charge in [0.1, 0.15) is 0 Å². The van der Waals surface area contributed by atoms with Crippen molar-refractivity contribution in [2.75, 3.05) is 13.2 Å². The Hall–Kier alpha value is -0.170. The van der Waals surface area contributed by atoms with Crippen molar-refractivity contribution in [2.45, 2.75) is 25.4 Å². The highest BCUT2D eigenvalue weighted by molar-refractivity contribution is 14.1. The van der Waals surface area contributed by atoms with E-state index in [2.05, 4.69) is 40.0 Å². The molecule has 16 heavy (non-hydrogen) atoms. The van der Waals surface area contributed by atoms with E-state index in [1.807, 2.05) is 19.1 Å². The first-order chi connectivity index (χ1) is 7.50. The van der Waals surface area contributed by atoms with Crippen LogP contribution < -0.4 is 5.32 Å². The molecular formula is C12H18INO2. The van der Waals surface area contributed by atoms with Gasteiger partial charge in [-0.15, -0.1) is 0 Å². The minimum atomic E-state index is -0.636. The Morgan fingerprint density at radius 3 is 2.19 bits per heavy atom. The molecule has 0 aromatic heterocycles. The number of hydrogen-bond acceptors (Lipinski definition) is 3. The van der Waals surface area contributed by atoms with Crippen molar-refractivity contribution >= 4 is 22.6 Å². The molecule has 0 radical (unpaired) electrons. The molecule has 0 bridgehead atoms. The lowest BCUT2D eigenvalue weighted by Gasteiger charge is -2.30. The minimum absolute atomic E-state index is 0.0851. The van der Waals surface area contributed by atoms with Gasteiger partial charge < -0.3 is 15.5 Å². The van der Waals surface area contributed by atoms with Crippen molar-refractivity contribution in [3.05, 3.63) is 33.4 Å². The van der Waals surface area contributed by atoms with E-state index in [0.717, 1.165) is 5.56 Å². The average Bonchev–Trinajstić information content (AvgIpc) is 2.29. The number of rotatable bonds is 5. The van der Waals surface area contributed by atoms with Crippen LogP contribution in [0.2, 0.25) is 0 Å². The van der Waals surface area contributed by atoms with Crippen molar-refractivity contribution in [1.82, 2.24) is 5.32 Å². The molecule has 1 rings (SSSR count). The van der Waals surface area contributed by atoms with Crippen LogP contribution in [0.1, 0.15) is 25.5 Å². The Kier molecular flexibility index (Phi) is 5.17. The third-order valence-corrected chi connectivity index (χ3v) is 3.35. The molecule has 1 unspecified atom stereocenters. The Morgan fingerprint density at radius 2 is 1.75 bits per heavy atom. The molecule has 1 aromatic rings. The summed E-state index contributed by atoms with van der Waals surface area (Å²) < 4.78 is 1.20. The highest BCUT2D eigenvalue weighted by Gasteiger charge is 2.24. The second kappa shape index (κ2) is 5.95. The van der Waals surface area contributed by atoms with E-state index >= 15 is 0 Å². The van der Waals surface area contributed by atoms with Crippen molar-refractivity contribution < 1.29 is 10.2 Å². The van der Waals surface area contributed by atoms with Crippen LogP contribution in [0, 0.1) is 3.57 Å². The van der Waals surface area contributed by atoms with E-state index in [-0.39, 0.29) is 19.3 Å². The zero-order valence-corrected chi connectivity index (χ0v) is 11.7. The summed E-state index contributed by atoms with van der Waals surface area (Å²) >= 11 is 2.26. The third kappa shape index (κ3) is 3.69. The minimum Gasteiger partial charge on any atom is -0.394 e. The highest BCUT2D eigenvalue weighted by Crippen LogP contribution is 2.17. The van der Waals surface area contributed by atoms with Gasteiger partial charge in [-0.2, -0.15) is 0 Å². The molecule has 1 aromatic carbocycles. The van der Waals surface area contributed by atoms with Crippen LogP contribution in [0.15, 0.2) is 24.3 Å². The van der Waals surface area contributed by atoms with E-state index in [1.165, 1.54) is 3.57 Å². The van der Waals surface area contributed by atoms with Crippen LogP contribution >= 0.6 is 22.6 Å². The predicted octanol–water partition coefficient (Wildman–Crippen LogP) is 1.69. The SMILES string of the molecule is CC(NC(C)(CO)CO)c1ccc(I)cc1. The van der Waals surface area contributed by atoms with E-state index < -0.39 is 5.54 Å². The summed E-state index contributed by atoms with van der Waals surface area (Å²) in [5.41, 5.74) is 0.510. The molecular weight excluding hydrogens is 317 g/mol. The second-order valence-corrected chi connectivity index (χ2v) is 5.54. The van der Waals surface area contributed by atoms with Crippen molar-refractivity contribution in [2.24, 2.45) is 0 Å². The summed E-state index contributed by atoms with van der Waals surface area (Å²) in [5, 5.41) is 21.6. The smallest absolute Gasteiger partial charge is 0.0633 e. The summed E-state index contributed by atoms with van der Waals surface area (Å²) in [6, 6.07) is 8.29. The van der Waals surface area contributed by atoms with E-state index in [9.17, 15) is 10.2 Å². The Labute approximate surface area is 110 Å². The largest absolute Gasteiger partial charge is 0.394 e. The number of nitrogens with one attached hydrogen (secondary N) is 1. The van der Waals surface area contributed by atoms with Crippen LogP contribution in [0.4, 0.5) is 0 Å². The van der Waals surface area contributed by atoms with Gasteiger partial charge in [-0.1, -0.05) is 12.1 Å².